The van der Waals surface area contributed by atoms with Crippen molar-refractivity contribution in [3.05, 3.63) is 0 Å². The zero-order valence-corrected chi connectivity index (χ0v) is 9.76. The molecule has 1 N–H and O–H groups in total. The number of hydrogen-bond acceptors (Lipinski definition) is 4. The van der Waals surface area contributed by atoms with Gasteiger partial charge in [0.25, 0.3) is 0 Å². The van der Waals surface area contributed by atoms with Gasteiger partial charge in [0.1, 0.15) is 0 Å². The standard InChI is InChI=1S/C11H18N2OS/c12-6-11(9-3-5-15-8-9)13-7-10-2-1-4-14-10/h9-11,13H,1-5,7-8H2. The Hall–Kier alpha value is -0.240. The molecule has 0 saturated carbocycles. The summed E-state index contributed by atoms with van der Waals surface area (Å²) in [6, 6.07) is 2.42. The molecule has 3 atom stereocenters. The number of nitrogens with zero attached hydrogens (tertiary/aromatic N) is 1. The van der Waals surface area contributed by atoms with Crippen molar-refractivity contribution in [3.63, 3.8) is 0 Å². The molecule has 2 fully saturated rings. The fourth-order valence-corrected chi connectivity index (χ4v) is 3.50. The predicted molar refractivity (Wildman–Crippen MR) is 61.8 cm³/mol. The van der Waals surface area contributed by atoms with Crippen molar-refractivity contribution in [2.75, 3.05) is 24.7 Å². The zero-order valence-electron chi connectivity index (χ0n) is 8.95. The van der Waals surface area contributed by atoms with Crippen LogP contribution < -0.4 is 5.32 Å². The molecule has 0 amide bonds. The summed E-state index contributed by atoms with van der Waals surface area (Å²) < 4.78 is 5.53. The van der Waals surface area contributed by atoms with E-state index in [0.717, 1.165) is 25.3 Å². The maximum Gasteiger partial charge on any atom is 0.0990 e. The van der Waals surface area contributed by atoms with Crippen molar-refractivity contribution < 1.29 is 4.74 Å². The quantitative estimate of drug-likeness (QED) is 0.787. The molecule has 3 unspecified atom stereocenters. The number of ether oxygens (including phenoxy) is 1. The molecule has 2 aliphatic rings. The molecule has 3 nitrogen and oxygen atoms in total. The van der Waals surface area contributed by atoms with Crippen LogP contribution in [0.5, 0.6) is 0 Å². The summed E-state index contributed by atoms with van der Waals surface area (Å²) in [6.07, 6.45) is 3.84. The lowest BCUT2D eigenvalue weighted by Crippen LogP contribution is -2.39. The Morgan fingerprint density at radius 2 is 2.47 bits per heavy atom. The molecular formula is C11H18N2OS. The maximum atomic E-state index is 9.10. The van der Waals surface area contributed by atoms with Crippen molar-refractivity contribution in [2.45, 2.75) is 31.4 Å². The van der Waals surface area contributed by atoms with Crippen LogP contribution in [-0.2, 0) is 4.74 Å². The highest BCUT2D eigenvalue weighted by Crippen LogP contribution is 2.26. The summed E-state index contributed by atoms with van der Waals surface area (Å²) >= 11 is 1.96. The summed E-state index contributed by atoms with van der Waals surface area (Å²) in [5, 5.41) is 12.5. The molecule has 0 aliphatic carbocycles. The lowest BCUT2D eigenvalue weighted by atomic mass is 10.0. The van der Waals surface area contributed by atoms with Gasteiger partial charge in [0.05, 0.1) is 18.2 Å². The van der Waals surface area contributed by atoms with Gasteiger partial charge in [-0.1, -0.05) is 0 Å². The third-order valence-electron chi connectivity index (χ3n) is 3.16. The van der Waals surface area contributed by atoms with Gasteiger partial charge in [-0.2, -0.15) is 17.0 Å². The topological polar surface area (TPSA) is 45.0 Å². The first kappa shape index (κ1) is 11.3. The van der Waals surface area contributed by atoms with E-state index in [0.29, 0.717) is 12.0 Å². The molecular weight excluding hydrogens is 208 g/mol. The second kappa shape index (κ2) is 5.74. The summed E-state index contributed by atoms with van der Waals surface area (Å²) in [5.74, 6) is 2.89. The molecule has 84 valence electrons. The highest BCUT2D eigenvalue weighted by atomic mass is 32.2. The normalized spacial score (nSPS) is 32.7. The molecule has 0 radical (unpaired) electrons. The van der Waals surface area contributed by atoms with Crippen LogP contribution >= 0.6 is 11.8 Å². The van der Waals surface area contributed by atoms with Gasteiger partial charge < -0.3 is 4.74 Å². The maximum absolute atomic E-state index is 9.10. The molecule has 2 rings (SSSR count). The molecule has 2 saturated heterocycles. The molecule has 0 aromatic heterocycles. The van der Waals surface area contributed by atoms with Crippen molar-refractivity contribution in [2.24, 2.45) is 5.92 Å². The van der Waals surface area contributed by atoms with Gasteiger partial charge in [-0.15, -0.1) is 0 Å². The second-order valence-corrected chi connectivity index (χ2v) is 5.42. The highest BCUT2D eigenvalue weighted by molar-refractivity contribution is 7.99. The first-order chi connectivity index (χ1) is 7.40. The monoisotopic (exact) mass is 226 g/mol. The molecule has 0 bridgehead atoms. The van der Waals surface area contributed by atoms with E-state index in [-0.39, 0.29) is 6.04 Å². The Bertz CT molecular complexity index is 229. The number of nitrogens with one attached hydrogen (secondary N) is 1. The minimum absolute atomic E-state index is 0.0317. The number of hydrogen-bond donors (Lipinski definition) is 1. The van der Waals surface area contributed by atoms with Gasteiger partial charge in [0.15, 0.2) is 0 Å². The van der Waals surface area contributed by atoms with E-state index in [9.17, 15) is 0 Å². The van der Waals surface area contributed by atoms with Gasteiger partial charge in [0, 0.05) is 13.2 Å². The first-order valence-corrected chi connectivity index (χ1v) is 6.88. The van der Waals surface area contributed by atoms with Crippen LogP contribution in [0.4, 0.5) is 0 Å². The lowest BCUT2D eigenvalue weighted by molar-refractivity contribution is 0.107. The Kier molecular flexibility index (Phi) is 4.30. The van der Waals surface area contributed by atoms with Crippen LogP contribution in [0.1, 0.15) is 19.3 Å². The summed E-state index contributed by atoms with van der Waals surface area (Å²) in [4.78, 5) is 0. The van der Waals surface area contributed by atoms with Gasteiger partial charge in [-0.05, 0) is 36.7 Å². The number of nitriles is 1. The van der Waals surface area contributed by atoms with E-state index in [4.69, 9.17) is 10.00 Å². The molecule has 0 aromatic carbocycles. The molecule has 0 spiro atoms. The SMILES string of the molecule is N#CC(NCC1CCCO1)C1CCSC1. The minimum Gasteiger partial charge on any atom is -0.377 e. The van der Waals surface area contributed by atoms with Crippen LogP contribution in [0.15, 0.2) is 0 Å². The van der Waals surface area contributed by atoms with Gasteiger partial charge >= 0.3 is 0 Å². The second-order valence-electron chi connectivity index (χ2n) is 4.27. The number of thioether (sulfide) groups is 1. The van der Waals surface area contributed by atoms with Crippen LogP contribution in [0.2, 0.25) is 0 Å². The summed E-state index contributed by atoms with van der Waals surface area (Å²) in [6.45, 7) is 1.74. The van der Waals surface area contributed by atoms with E-state index in [2.05, 4.69) is 11.4 Å². The van der Waals surface area contributed by atoms with E-state index in [1.54, 1.807) is 0 Å². The van der Waals surface area contributed by atoms with Crippen LogP contribution in [0.3, 0.4) is 0 Å². The third-order valence-corrected chi connectivity index (χ3v) is 4.35. The Labute approximate surface area is 95.6 Å². The molecule has 15 heavy (non-hydrogen) atoms. The van der Waals surface area contributed by atoms with Crippen molar-refractivity contribution >= 4 is 11.8 Å². The zero-order chi connectivity index (χ0) is 10.5. The third kappa shape index (κ3) is 3.10. The van der Waals surface area contributed by atoms with Gasteiger partial charge in [0.2, 0.25) is 0 Å². The van der Waals surface area contributed by atoms with E-state index in [1.807, 2.05) is 11.8 Å². The van der Waals surface area contributed by atoms with E-state index >= 15 is 0 Å². The van der Waals surface area contributed by atoms with Crippen molar-refractivity contribution in [1.82, 2.24) is 5.32 Å². The largest absolute Gasteiger partial charge is 0.377 e. The number of rotatable bonds is 4. The average Bonchev–Trinajstić information content (AvgIpc) is 2.90. The van der Waals surface area contributed by atoms with Crippen LogP contribution in [0.25, 0.3) is 0 Å². The molecule has 2 aliphatic heterocycles. The Morgan fingerprint density at radius 3 is 3.07 bits per heavy atom. The Morgan fingerprint density at radius 1 is 1.53 bits per heavy atom. The first-order valence-electron chi connectivity index (χ1n) is 5.72. The van der Waals surface area contributed by atoms with Crippen LogP contribution in [-0.4, -0.2) is 36.8 Å². The van der Waals surface area contributed by atoms with Gasteiger partial charge in [-0.25, -0.2) is 0 Å². The van der Waals surface area contributed by atoms with Crippen molar-refractivity contribution in [3.8, 4) is 6.07 Å². The fraction of sp³-hybridized carbons (Fsp3) is 0.909. The van der Waals surface area contributed by atoms with Crippen LogP contribution in [0, 0.1) is 17.2 Å². The molecule has 4 heteroatoms. The van der Waals surface area contributed by atoms with E-state index in [1.165, 1.54) is 18.6 Å². The lowest BCUT2D eigenvalue weighted by Gasteiger charge is -2.19. The summed E-state index contributed by atoms with van der Waals surface area (Å²) in [7, 11) is 0. The smallest absolute Gasteiger partial charge is 0.0990 e. The van der Waals surface area contributed by atoms with Crippen molar-refractivity contribution in [1.29, 1.82) is 5.26 Å². The minimum atomic E-state index is 0.0317. The van der Waals surface area contributed by atoms with E-state index < -0.39 is 0 Å². The molecule has 0 aromatic rings. The average molecular weight is 226 g/mol. The fourth-order valence-electron chi connectivity index (χ4n) is 2.20. The van der Waals surface area contributed by atoms with Gasteiger partial charge in [-0.3, -0.25) is 5.32 Å². The Balaban J connectivity index is 1.72. The predicted octanol–water partition coefficient (Wildman–Crippen LogP) is 1.40. The summed E-state index contributed by atoms with van der Waals surface area (Å²) in [5.41, 5.74) is 0. The molecule has 2 heterocycles. The highest BCUT2D eigenvalue weighted by Gasteiger charge is 2.26.